The minimum atomic E-state index is -2.98. The van der Waals surface area contributed by atoms with E-state index >= 15 is 0 Å². The molecule has 11 heteroatoms. The topological polar surface area (TPSA) is 95.1 Å². The second kappa shape index (κ2) is 8.35. The summed E-state index contributed by atoms with van der Waals surface area (Å²) in [5, 5.41) is 12.3. The first-order valence-corrected chi connectivity index (χ1v) is 9.47. The highest BCUT2D eigenvalue weighted by Crippen LogP contribution is 2.29. The zero-order valence-electron chi connectivity index (χ0n) is 14.0. The average molecular weight is 411 g/mol. The molecule has 1 amide bonds. The van der Waals surface area contributed by atoms with Gasteiger partial charge in [-0.15, -0.1) is 21.5 Å². The van der Waals surface area contributed by atoms with Crippen molar-refractivity contribution in [2.24, 2.45) is 0 Å². The van der Waals surface area contributed by atoms with Crippen LogP contribution >= 0.6 is 23.1 Å². The first-order valence-electron chi connectivity index (χ1n) is 7.71. The van der Waals surface area contributed by atoms with Gasteiger partial charge in [-0.1, -0.05) is 30.0 Å². The molecule has 3 aromatic rings. The van der Waals surface area contributed by atoms with Gasteiger partial charge < -0.3 is 15.9 Å². The Bertz CT molecular complexity index is 917. The van der Waals surface area contributed by atoms with Gasteiger partial charge in [0.15, 0.2) is 5.82 Å². The van der Waals surface area contributed by atoms with Gasteiger partial charge in [0.2, 0.25) is 11.1 Å². The summed E-state index contributed by atoms with van der Waals surface area (Å²) in [6.45, 7) is -1.34. The van der Waals surface area contributed by atoms with Gasteiger partial charge in [-0.3, -0.25) is 4.79 Å². The van der Waals surface area contributed by atoms with Gasteiger partial charge >= 0.3 is 6.61 Å². The number of alkyl halides is 2. The van der Waals surface area contributed by atoms with E-state index in [1.54, 1.807) is 13.0 Å². The van der Waals surface area contributed by atoms with Crippen molar-refractivity contribution in [2.45, 2.75) is 23.9 Å². The zero-order chi connectivity index (χ0) is 19.4. The van der Waals surface area contributed by atoms with Crippen LogP contribution in [-0.4, -0.2) is 32.6 Å². The summed E-state index contributed by atoms with van der Waals surface area (Å²) in [5.41, 5.74) is 0.156. The van der Waals surface area contributed by atoms with E-state index in [9.17, 15) is 13.6 Å². The molecule has 0 radical (unpaired) electrons. The number of nitrogen functional groups attached to an aromatic ring is 1. The lowest BCUT2D eigenvalue weighted by Crippen LogP contribution is -2.24. The van der Waals surface area contributed by atoms with Crippen LogP contribution in [0.15, 0.2) is 46.9 Å². The lowest BCUT2D eigenvalue weighted by atomic mass is 10.3. The Labute approximate surface area is 161 Å². The molecule has 2 heterocycles. The molecule has 2 aromatic heterocycles. The van der Waals surface area contributed by atoms with Crippen LogP contribution in [0.3, 0.4) is 0 Å². The molecule has 1 aromatic carbocycles. The number of halogens is 2. The fraction of sp³-hybridized carbons (Fsp3) is 0.188. The van der Waals surface area contributed by atoms with Crippen molar-refractivity contribution < 1.29 is 18.3 Å². The number of nitrogens with one attached hydrogen (secondary N) is 1. The number of aromatic nitrogens is 3. The lowest BCUT2D eigenvalue weighted by molar-refractivity contribution is -0.115. The van der Waals surface area contributed by atoms with Crippen molar-refractivity contribution in [3.05, 3.63) is 41.8 Å². The highest BCUT2D eigenvalue weighted by Gasteiger charge is 2.21. The number of nitrogens with two attached hydrogens (primary N) is 1. The van der Waals surface area contributed by atoms with Crippen LogP contribution in [0.1, 0.15) is 6.92 Å². The summed E-state index contributed by atoms with van der Waals surface area (Å²) in [7, 11) is 0. The van der Waals surface area contributed by atoms with Crippen molar-refractivity contribution in [2.75, 3.05) is 11.2 Å². The Kier molecular flexibility index (Phi) is 5.91. The summed E-state index contributed by atoms with van der Waals surface area (Å²) < 4.78 is 30.7. The smallest absolute Gasteiger partial charge is 0.387 e. The third kappa shape index (κ3) is 4.55. The molecule has 0 fully saturated rings. The maximum atomic E-state index is 12.5. The van der Waals surface area contributed by atoms with Crippen molar-refractivity contribution in [1.82, 2.24) is 14.9 Å². The number of amides is 1. The largest absolute Gasteiger partial charge is 0.433 e. The van der Waals surface area contributed by atoms with Gasteiger partial charge in [0.1, 0.15) is 5.75 Å². The van der Waals surface area contributed by atoms with Crippen LogP contribution in [0.5, 0.6) is 5.75 Å². The molecule has 3 N–H and O–H groups in total. The number of para-hydroxylation sites is 2. The number of hydrogen-bond donors (Lipinski definition) is 2. The molecule has 0 aliphatic rings. The highest BCUT2D eigenvalue weighted by atomic mass is 32.2. The Morgan fingerprint density at radius 2 is 2.07 bits per heavy atom. The van der Waals surface area contributed by atoms with Gasteiger partial charge in [0.05, 0.1) is 15.8 Å². The van der Waals surface area contributed by atoms with E-state index in [1.807, 2.05) is 17.5 Å². The van der Waals surface area contributed by atoms with E-state index in [-0.39, 0.29) is 11.4 Å². The summed E-state index contributed by atoms with van der Waals surface area (Å²) in [4.78, 5) is 13.3. The number of nitrogens with zero attached hydrogens (tertiary/aromatic N) is 3. The Hall–Kier alpha value is -2.66. The van der Waals surface area contributed by atoms with Crippen LogP contribution < -0.4 is 15.9 Å². The van der Waals surface area contributed by atoms with Crippen LogP contribution in [0.4, 0.5) is 14.5 Å². The standard InChI is InChI=1S/C16H15F2N5O2S2/c1-9(14(24)20-10-5-2-3-6-11(10)25-15(17)18)27-16-22-21-13(23(16)19)12-7-4-8-26-12/h2-9,15H,19H2,1H3,(H,20,24). The predicted molar refractivity (Wildman–Crippen MR) is 101 cm³/mol. The lowest BCUT2D eigenvalue weighted by Gasteiger charge is -2.14. The van der Waals surface area contributed by atoms with E-state index in [1.165, 1.54) is 34.2 Å². The van der Waals surface area contributed by atoms with Gasteiger partial charge in [-0.2, -0.15) is 8.78 Å². The van der Waals surface area contributed by atoms with Gasteiger partial charge in [0, 0.05) is 0 Å². The maximum absolute atomic E-state index is 12.5. The van der Waals surface area contributed by atoms with Crippen LogP contribution in [0.25, 0.3) is 10.7 Å². The number of carbonyl (C=O) groups excluding carboxylic acids is 1. The Morgan fingerprint density at radius 3 is 2.78 bits per heavy atom. The monoisotopic (exact) mass is 411 g/mol. The molecule has 0 saturated carbocycles. The second-order valence-corrected chi connectivity index (χ2v) is 7.53. The number of thiophene rings is 1. The van der Waals surface area contributed by atoms with E-state index in [2.05, 4.69) is 20.3 Å². The maximum Gasteiger partial charge on any atom is 0.387 e. The third-order valence-electron chi connectivity index (χ3n) is 3.42. The fourth-order valence-corrected chi connectivity index (χ4v) is 3.62. The molecule has 1 atom stereocenters. The van der Waals surface area contributed by atoms with Crippen molar-refractivity contribution in [1.29, 1.82) is 0 Å². The molecule has 3 rings (SSSR count). The molecular weight excluding hydrogens is 396 g/mol. The van der Waals surface area contributed by atoms with Crippen molar-refractivity contribution in [3.8, 4) is 16.5 Å². The quantitative estimate of drug-likeness (QED) is 0.457. The number of ether oxygens (including phenoxy) is 1. The molecule has 0 spiro atoms. The van der Waals surface area contributed by atoms with E-state index in [0.717, 1.165) is 16.6 Å². The Morgan fingerprint density at radius 1 is 1.30 bits per heavy atom. The van der Waals surface area contributed by atoms with Gasteiger partial charge in [-0.05, 0) is 30.5 Å². The number of benzene rings is 1. The molecule has 142 valence electrons. The molecular formula is C16H15F2N5O2S2. The number of thioether (sulfide) groups is 1. The molecule has 0 saturated heterocycles. The molecule has 0 aliphatic heterocycles. The first-order chi connectivity index (χ1) is 13.0. The SMILES string of the molecule is CC(Sc1nnc(-c2cccs2)n1N)C(=O)Nc1ccccc1OC(F)F. The summed E-state index contributed by atoms with van der Waals surface area (Å²) in [5.74, 6) is 5.99. The van der Waals surface area contributed by atoms with E-state index < -0.39 is 17.8 Å². The summed E-state index contributed by atoms with van der Waals surface area (Å²) in [6.07, 6.45) is 0. The molecule has 7 nitrogen and oxygen atoms in total. The van der Waals surface area contributed by atoms with Crippen LogP contribution in [0, 0.1) is 0 Å². The number of carbonyl (C=O) groups is 1. The third-order valence-corrected chi connectivity index (χ3v) is 5.34. The fourth-order valence-electron chi connectivity index (χ4n) is 2.15. The normalized spacial score (nSPS) is 12.1. The van der Waals surface area contributed by atoms with E-state index in [0.29, 0.717) is 11.0 Å². The van der Waals surface area contributed by atoms with Gasteiger partial charge in [0.25, 0.3) is 0 Å². The van der Waals surface area contributed by atoms with Gasteiger partial charge in [-0.25, -0.2) is 4.68 Å². The second-order valence-electron chi connectivity index (χ2n) is 5.28. The minimum Gasteiger partial charge on any atom is -0.433 e. The molecule has 1 unspecified atom stereocenters. The number of anilines is 1. The van der Waals surface area contributed by atoms with Crippen molar-refractivity contribution >= 4 is 34.7 Å². The number of rotatable bonds is 7. The predicted octanol–water partition coefficient (Wildman–Crippen LogP) is 3.44. The highest BCUT2D eigenvalue weighted by molar-refractivity contribution is 8.00. The molecule has 0 aliphatic carbocycles. The van der Waals surface area contributed by atoms with E-state index in [4.69, 9.17) is 5.84 Å². The molecule has 0 bridgehead atoms. The number of hydrogen-bond acceptors (Lipinski definition) is 7. The summed E-state index contributed by atoms with van der Waals surface area (Å²) >= 11 is 2.57. The minimum absolute atomic E-state index is 0.111. The van der Waals surface area contributed by atoms with Crippen LogP contribution in [0.2, 0.25) is 0 Å². The Balaban J connectivity index is 1.69. The van der Waals surface area contributed by atoms with Crippen LogP contribution in [-0.2, 0) is 4.79 Å². The first kappa shape index (κ1) is 19.1. The van der Waals surface area contributed by atoms with Crippen molar-refractivity contribution in [3.63, 3.8) is 0 Å². The molecule has 27 heavy (non-hydrogen) atoms. The summed E-state index contributed by atoms with van der Waals surface area (Å²) in [6, 6.07) is 9.71. The zero-order valence-corrected chi connectivity index (χ0v) is 15.6. The average Bonchev–Trinajstić information content (AvgIpc) is 3.26.